The van der Waals surface area contributed by atoms with Crippen molar-refractivity contribution in [1.29, 1.82) is 0 Å². The van der Waals surface area contributed by atoms with Gasteiger partial charge in [-0.15, -0.1) is 23.5 Å². The second kappa shape index (κ2) is 8.01. The van der Waals surface area contributed by atoms with E-state index in [-0.39, 0.29) is 17.8 Å². The van der Waals surface area contributed by atoms with Crippen molar-refractivity contribution in [2.24, 2.45) is 40.4 Å². The Bertz CT molecular complexity index is 879. The van der Waals surface area contributed by atoms with E-state index in [1.165, 1.54) is 14.2 Å². The summed E-state index contributed by atoms with van der Waals surface area (Å²) >= 11 is 3.85. The Kier molecular flexibility index (Phi) is 5.63. The maximum atomic E-state index is 13.9. The number of methoxy groups -OCH3 is 2. The molecule has 7 nitrogen and oxygen atoms in total. The highest BCUT2D eigenvalue weighted by atomic mass is 32.2. The van der Waals surface area contributed by atoms with Gasteiger partial charge in [0.05, 0.1) is 43.3 Å². The van der Waals surface area contributed by atoms with Gasteiger partial charge in [-0.05, 0) is 37.5 Å². The molecule has 0 unspecified atom stereocenters. The third kappa shape index (κ3) is 2.54. The van der Waals surface area contributed by atoms with E-state index in [2.05, 4.69) is 6.92 Å². The lowest BCUT2D eigenvalue weighted by Gasteiger charge is -2.69. The molecule has 0 amide bonds. The highest BCUT2D eigenvalue weighted by molar-refractivity contribution is 8.20. The van der Waals surface area contributed by atoms with E-state index < -0.39 is 45.9 Å². The molecule has 1 spiro atoms. The molecule has 7 fully saturated rings. The second-order valence-electron chi connectivity index (χ2n) is 11.2. The lowest BCUT2D eigenvalue weighted by atomic mass is 9.39. The summed E-state index contributed by atoms with van der Waals surface area (Å²) in [5.41, 5.74) is -3.10. The van der Waals surface area contributed by atoms with E-state index in [1.54, 1.807) is 0 Å². The Morgan fingerprint density at radius 2 is 1.91 bits per heavy atom. The molecule has 7 rings (SSSR count). The lowest BCUT2D eigenvalue weighted by molar-refractivity contribution is -0.413. The zero-order valence-electron chi connectivity index (χ0n) is 20.2. The van der Waals surface area contributed by atoms with Crippen molar-refractivity contribution in [3.8, 4) is 0 Å². The fourth-order valence-corrected chi connectivity index (χ4v) is 12.6. The minimum atomic E-state index is -1.33. The third-order valence-electron chi connectivity index (χ3n) is 10.3. The van der Waals surface area contributed by atoms with Crippen LogP contribution < -0.4 is 0 Å². The Labute approximate surface area is 209 Å². The number of rotatable bonds is 7. The molecule has 0 aromatic rings. The normalized spacial score (nSPS) is 50.5. The molecule has 7 aliphatic rings. The van der Waals surface area contributed by atoms with E-state index in [4.69, 9.17) is 18.9 Å². The largest absolute Gasteiger partial charge is 0.469 e. The summed E-state index contributed by atoms with van der Waals surface area (Å²) in [4.78, 5) is 27.4. The number of hydrogen-bond donors (Lipinski definition) is 1. The first-order valence-corrected chi connectivity index (χ1v) is 14.9. The van der Waals surface area contributed by atoms with Gasteiger partial charge in [0.2, 0.25) is 5.79 Å². The molecule has 0 aromatic heterocycles. The minimum Gasteiger partial charge on any atom is -0.469 e. The van der Waals surface area contributed by atoms with Crippen LogP contribution in [-0.2, 0) is 28.5 Å². The predicted octanol–water partition coefficient (Wildman–Crippen LogP) is 3.08. The molecular formula is C25H36O7S2. The van der Waals surface area contributed by atoms with Gasteiger partial charge in [0, 0.05) is 28.8 Å². The molecule has 6 bridgehead atoms. The molecule has 3 saturated heterocycles. The van der Waals surface area contributed by atoms with Gasteiger partial charge in [-0.1, -0.05) is 19.8 Å². The van der Waals surface area contributed by atoms with E-state index in [0.717, 1.165) is 43.6 Å². The minimum absolute atomic E-state index is 0.124. The average Bonchev–Trinajstić information content (AvgIpc) is 3.47. The number of unbranched alkanes of at least 4 members (excludes halogenated alkanes) is 1. The highest BCUT2D eigenvalue weighted by Crippen LogP contribution is 2.84. The fraction of sp³-hybridized carbons (Fsp3) is 0.920. The van der Waals surface area contributed by atoms with E-state index in [0.29, 0.717) is 24.2 Å². The van der Waals surface area contributed by atoms with Crippen LogP contribution in [0, 0.1) is 40.4 Å². The first-order valence-electron chi connectivity index (χ1n) is 12.8. The maximum Gasteiger partial charge on any atom is 0.313 e. The topological polar surface area (TPSA) is 91.3 Å². The van der Waals surface area contributed by atoms with Crippen LogP contribution in [0.15, 0.2) is 0 Å². The van der Waals surface area contributed by atoms with Gasteiger partial charge in [0.1, 0.15) is 5.60 Å². The van der Waals surface area contributed by atoms with Gasteiger partial charge in [-0.2, -0.15) is 0 Å². The van der Waals surface area contributed by atoms with Crippen LogP contribution >= 0.6 is 23.5 Å². The smallest absolute Gasteiger partial charge is 0.313 e. The summed E-state index contributed by atoms with van der Waals surface area (Å²) < 4.78 is 24.2. The molecule has 3 heterocycles. The Morgan fingerprint density at radius 1 is 1.15 bits per heavy atom. The molecule has 4 aliphatic carbocycles. The zero-order valence-corrected chi connectivity index (χ0v) is 21.9. The molecule has 1 N–H and O–H groups in total. The van der Waals surface area contributed by atoms with Gasteiger partial charge in [-0.25, -0.2) is 0 Å². The number of carbonyl (C=O) groups excluding carboxylic acids is 2. The van der Waals surface area contributed by atoms with Crippen molar-refractivity contribution in [2.45, 2.75) is 61.4 Å². The summed E-state index contributed by atoms with van der Waals surface area (Å²) in [7, 11) is 2.80. The van der Waals surface area contributed by atoms with Crippen molar-refractivity contribution in [1.82, 2.24) is 0 Å². The molecule has 190 valence electrons. The quantitative estimate of drug-likeness (QED) is 0.517. The van der Waals surface area contributed by atoms with Crippen LogP contribution in [0.1, 0.15) is 45.4 Å². The Morgan fingerprint density at radius 3 is 2.59 bits per heavy atom. The lowest BCUT2D eigenvalue weighted by Crippen LogP contribution is -2.81. The molecule has 34 heavy (non-hydrogen) atoms. The van der Waals surface area contributed by atoms with Crippen LogP contribution in [0.4, 0.5) is 0 Å². The van der Waals surface area contributed by atoms with Gasteiger partial charge < -0.3 is 24.1 Å². The van der Waals surface area contributed by atoms with Crippen LogP contribution in [-0.4, -0.2) is 72.0 Å². The monoisotopic (exact) mass is 512 g/mol. The van der Waals surface area contributed by atoms with E-state index in [1.807, 2.05) is 23.5 Å². The molecule has 9 atom stereocenters. The van der Waals surface area contributed by atoms with Crippen LogP contribution in [0.5, 0.6) is 0 Å². The van der Waals surface area contributed by atoms with Gasteiger partial charge in [-0.3, -0.25) is 9.59 Å². The summed E-state index contributed by atoms with van der Waals surface area (Å²) in [6, 6.07) is 0. The van der Waals surface area contributed by atoms with E-state index >= 15 is 0 Å². The molecule has 0 radical (unpaired) electrons. The number of esters is 2. The van der Waals surface area contributed by atoms with Crippen molar-refractivity contribution in [3.63, 3.8) is 0 Å². The Hall–Kier alpha value is -0.480. The van der Waals surface area contributed by atoms with Crippen LogP contribution in [0.2, 0.25) is 0 Å². The first-order chi connectivity index (χ1) is 16.4. The van der Waals surface area contributed by atoms with E-state index in [9.17, 15) is 14.7 Å². The molecule has 4 saturated carbocycles. The summed E-state index contributed by atoms with van der Waals surface area (Å²) in [5.74, 6) is -1.18. The number of hydrogen-bond acceptors (Lipinski definition) is 9. The highest BCUT2D eigenvalue weighted by Gasteiger charge is 2.94. The fourth-order valence-electron chi connectivity index (χ4n) is 9.48. The second-order valence-corrected chi connectivity index (χ2v) is 14.1. The summed E-state index contributed by atoms with van der Waals surface area (Å²) in [6.45, 7) is 3.03. The third-order valence-corrected chi connectivity index (χ3v) is 13.3. The average molecular weight is 513 g/mol. The van der Waals surface area contributed by atoms with Gasteiger partial charge in [0.25, 0.3) is 0 Å². The number of carbonyl (C=O) groups is 2. The molecule has 9 heteroatoms. The number of aliphatic hydroxyl groups is 1. The van der Waals surface area contributed by atoms with Crippen molar-refractivity contribution in [3.05, 3.63) is 0 Å². The van der Waals surface area contributed by atoms with Crippen LogP contribution in [0.3, 0.4) is 0 Å². The van der Waals surface area contributed by atoms with Crippen LogP contribution in [0.25, 0.3) is 0 Å². The standard InChI is InChI=1S/C25H36O7S2/c1-4-5-6-15-14-7-8-31-25-17(14)18(20(26)29-2)23(21(27)30-3)12-22(13-32-25,24(25,28)19(15)23)11-16-33-9-10-34-16/h14-19,28H,4-13H2,1-3H3/t14-,15-,17-,18+,19+,22+,23+,24-,25+/m1/s1. The van der Waals surface area contributed by atoms with Crippen molar-refractivity contribution >= 4 is 35.5 Å². The number of ether oxygens (including phenoxy) is 4. The Balaban J connectivity index is 1.59. The zero-order chi connectivity index (χ0) is 23.9. The molecule has 3 aliphatic heterocycles. The first kappa shape index (κ1) is 23.9. The summed E-state index contributed by atoms with van der Waals surface area (Å²) in [5, 5.41) is 13.0. The van der Waals surface area contributed by atoms with Crippen molar-refractivity contribution in [2.75, 3.05) is 38.9 Å². The number of thioether (sulfide) groups is 2. The molecule has 0 aromatic carbocycles. The molecular weight excluding hydrogens is 476 g/mol. The van der Waals surface area contributed by atoms with Crippen molar-refractivity contribution < 1.29 is 33.6 Å². The summed E-state index contributed by atoms with van der Waals surface area (Å²) in [6.07, 6.45) is 4.94. The SMILES string of the molecule is CCCC[C@@H]1[C@H]2CCO[C@]34OC[C@]5(CC6SCCS6)C[C@](C(=O)OC)([C@H](C(=O)OC)[C@@H]23)[C@H]1[C@@]54O. The van der Waals surface area contributed by atoms with Gasteiger partial charge in [0.15, 0.2) is 0 Å². The maximum absolute atomic E-state index is 13.9. The van der Waals surface area contributed by atoms with Gasteiger partial charge >= 0.3 is 11.9 Å². The predicted molar refractivity (Wildman–Crippen MR) is 128 cm³/mol.